The fourth-order valence-corrected chi connectivity index (χ4v) is 3.44. The molecule has 0 saturated carbocycles. The van der Waals surface area contributed by atoms with E-state index in [1.165, 1.54) is 43.7 Å². The molecule has 0 amide bonds. The zero-order valence-corrected chi connectivity index (χ0v) is 15.1. The van der Waals surface area contributed by atoms with Crippen LogP contribution >= 0.6 is 15.9 Å². The van der Waals surface area contributed by atoms with E-state index in [1.807, 2.05) is 0 Å². The molecule has 0 atom stereocenters. The van der Waals surface area contributed by atoms with Crippen LogP contribution in [-0.4, -0.2) is 44.2 Å². The van der Waals surface area contributed by atoms with E-state index in [4.69, 9.17) is 0 Å². The van der Waals surface area contributed by atoms with E-state index in [2.05, 4.69) is 70.1 Å². The molecule has 1 aromatic carbocycles. The van der Waals surface area contributed by atoms with Crippen LogP contribution in [-0.2, 0) is 6.54 Å². The summed E-state index contributed by atoms with van der Waals surface area (Å²) in [6.07, 6.45) is 2.52. The third-order valence-electron chi connectivity index (χ3n) is 4.54. The number of piperidine rings is 1. The lowest BCUT2D eigenvalue weighted by atomic mass is 10.0. The second-order valence-corrected chi connectivity index (χ2v) is 6.75. The van der Waals surface area contributed by atoms with E-state index in [0.29, 0.717) is 6.04 Å². The Balaban J connectivity index is 2.10. The fraction of sp³-hybridized carbons (Fsp3) is 0.647. The van der Waals surface area contributed by atoms with Gasteiger partial charge in [-0.1, -0.05) is 35.8 Å². The lowest BCUT2D eigenvalue weighted by molar-refractivity contribution is 0.221. The third kappa shape index (κ3) is 4.44. The molecule has 2 rings (SSSR count). The molecule has 0 aliphatic carbocycles. The molecule has 0 radical (unpaired) electrons. The number of hydrogen-bond donors (Lipinski definition) is 1. The van der Waals surface area contributed by atoms with Crippen LogP contribution in [0.1, 0.15) is 32.3 Å². The van der Waals surface area contributed by atoms with Crippen LogP contribution in [0.5, 0.6) is 0 Å². The summed E-state index contributed by atoms with van der Waals surface area (Å²) in [4.78, 5) is 5.04. The maximum absolute atomic E-state index is 3.62. The van der Waals surface area contributed by atoms with Crippen molar-refractivity contribution in [1.82, 2.24) is 10.2 Å². The number of hydrogen-bond acceptors (Lipinski definition) is 3. The number of rotatable bonds is 6. The molecule has 1 aromatic rings. The van der Waals surface area contributed by atoms with Crippen molar-refractivity contribution in [3.05, 3.63) is 28.2 Å². The molecule has 1 fully saturated rings. The Labute approximate surface area is 137 Å². The summed E-state index contributed by atoms with van der Waals surface area (Å²) >= 11 is 3.62. The largest absolute Gasteiger partial charge is 0.371 e. The van der Waals surface area contributed by atoms with E-state index in [0.717, 1.165) is 17.6 Å². The summed E-state index contributed by atoms with van der Waals surface area (Å²) in [5.74, 6) is 0. The van der Waals surface area contributed by atoms with Gasteiger partial charge in [0.05, 0.1) is 0 Å². The molecule has 0 spiro atoms. The Bertz CT molecular complexity index is 442. The Kier molecular flexibility index (Phi) is 6.52. The number of benzene rings is 1. The average Bonchev–Trinajstić information content (AvgIpc) is 2.53. The summed E-state index contributed by atoms with van der Waals surface area (Å²) in [6, 6.07) is 7.30. The van der Waals surface area contributed by atoms with Crippen molar-refractivity contribution in [2.45, 2.75) is 39.3 Å². The monoisotopic (exact) mass is 353 g/mol. The Morgan fingerprint density at radius 2 is 2.00 bits per heavy atom. The van der Waals surface area contributed by atoms with E-state index >= 15 is 0 Å². The molecule has 1 aliphatic rings. The quantitative estimate of drug-likeness (QED) is 0.844. The summed E-state index contributed by atoms with van der Waals surface area (Å²) in [5.41, 5.74) is 2.75. The molecule has 3 nitrogen and oxygen atoms in total. The third-order valence-corrected chi connectivity index (χ3v) is 5.04. The first kappa shape index (κ1) is 16.8. The van der Waals surface area contributed by atoms with Gasteiger partial charge in [-0.25, -0.2) is 0 Å². The van der Waals surface area contributed by atoms with Crippen LogP contribution in [0.2, 0.25) is 0 Å². The van der Waals surface area contributed by atoms with Crippen LogP contribution in [0.25, 0.3) is 0 Å². The first-order valence-electron chi connectivity index (χ1n) is 8.10. The Morgan fingerprint density at radius 3 is 2.62 bits per heavy atom. The molecule has 21 heavy (non-hydrogen) atoms. The van der Waals surface area contributed by atoms with Crippen molar-refractivity contribution in [3.8, 4) is 0 Å². The van der Waals surface area contributed by atoms with Crippen LogP contribution in [0.3, 0.4) is 0 Å². The van der Waals surface area contributed by atoms with Crippen molar-refractivity contribution < 1.29 is 0 Å². The van der Waals surface area contributed by atoms with Crippen molar-refractivity contribution >= 4 is 21.6 Å². The van der Waals surface area contributed by atoms with Gasteiger partial charge in [0, 0.05) is 42.9 Å². The molecule has 1 N–H and O–H groups in total. The van der Waals surface area contributed by atoms with Gasteiger partial charge in [-0.15, -0.1) is 0 Å². The zero-order chi connectivity index (χ0) is 15.2. The minimum absolute atomic E-state index is 0.655. The van der Waals surface area contributed by atoms with E-state index < -0.39 is 0 Å². The van der Waals surface area contributed by atoms with Gasteiger partial charge in [0.25, 0.3) is 0 Å². The van der Waals surface area contributed by atoms with Gasteiger partial charge in [-0.05, 0) is 43.6 Å². The van der Waals surface area contributed by atoms with Crippen molar-refractivity contribution in [2.24, 2.45) is 0 Å². The second kappa shape index (κ2) is 8.16. The predicted molar refractivity (Wildman–Crippen MR) is 95.1 cm³/mol. The molecular formula is C17H28BrN3. The number of likely N-dealkylation sites (tertiary alicyclic amines) is 1. The van der Waals surface area contributed by atoms with Crippen LogP contribution in [0.4, 0.5) is 5.69 Å². The van der Waals surface area contributed by atoms with Crippen molar-refractivity contribution in [2.75, 3.05) is 38.1 Å². The number of halogens is 1. The van der Waals surface area contributed by atoms with Gasteiger partial charge in [-0.2, -0.15) is 0 Å². The number of nitrogens with one attached hydrogen (secondary N) is 1. The van der Waals surface area contributed by atoms with Gasteiger partial charge in [0.1, 0.15) is 0 Å². The predicted octanol–water partition coefficient (Wildman–Crippen LogP) is 3.48. The summed E-state index contributed by atoms with van der Waals surface area (Å²) in [6.45, 7) is 9.99. The Hall–Kier alpha value is -0.580. The summed E-state index contributed by atoms with van der Waals surface area (Å²) < 4.78 is 1.16. The second-order valence-electron chi connectivity index (χ2n) is 5.83. The van der Waals surface area contributed by atoms with Gasteiger partial charge in [-0.3, -0.25) is 0 Å². The minimum atomic E-state index is 0.655. The molecule has 0 bridgehead atoms. The highest BCUT2D eigenvalue weighted by Gasteiger charge is 2.23. The van der Waals surface area contributed by atoms with Crippen LogP contribution < -0.4 is 10.2 Å². The lowest BCUT2D eigenvalue weighted by Gasteiger charge is -2.38. The normalized spacial score (nSPS) is 17.1. The van der Waals surface area contributed by atoms with Gasteiger partial charge >= 0.3 is 0 Å². The highest BCUT2D eigenvalue weighted by molar-refractivity contribution is 9.10. The SMILES string of the molecule is CCNCc1ccc(Br)cc1N(C)C1CCN(CC)CC1. The van der Waals surface area contributed by atoms with Crippen molar-refractivity contribution in [1.29, 1.82) is 0 Å². The molecule has 0 unspecified atom stereocenters. The van der Waals surface area contributed by atoms with E-state index in [9.17, 15) is 0 Å². The summed E-state index contributed by atoms with van der Waals surface area (Å²) in [5, 5.41) is 3.45. The zero-order valence-electron chi connectivity index (χ0n) is 13.5. The number of nitrogens with zero attached hydrogens (tertiary/aromatic N) is 2. The molecule has 1 aliphatic heterocycles. The standard InChI is InChI=1S/C17H28BrN3/c1-4-19-13-14-6-7-15(18)12-17(14)20(3)16-8-10-21(5-2)11-9-16/h6-7,12,16,19H,4-5,8-11,13H2,1-3H3. The van der Waals surface area contributed by atoms with E-state index in [1.54, 1.807) is 0 Å². The maximum Gasteiger partial charge on any atom is 0.0423 e. The van der Waals surface area contributed by atoms with Gasteiger partial charge < -0.3 is 15.1 Å². The minimum Gasteiger partial charge on any atom is -0.371 e. The first-order chi connectivity index (χ1) is 10.2. The topological polar surface area (TPSA) is 18.5 Å². The molecule has 0 aromatic heterocycles. The first-order valence-corrected chi connectivity index (χ1v) is 8.89. The maximum atomic E-state index is 3.62. The lowest BCUT2D eigenvalue weighted by Crippen LogP contribution is -2.43. The molecule has 118 valence electrons. The summed E-state index contributed by atoms with van der Waals surface area (Å²) in [7, 11) is 2.25. The molecule has 1 heterocycles. The number of anilines is 1. The molecular weight excluding hydrogens is 326 g/mol. The average molecular weight is 354 g/mol. The molecule has 1 saturated heterocycles. The highest BCUT2D eigenvalue weighted by atomic mass is 79.9. The molecule has 4 heteroatoms. The van der Waals surface area contributed by atoms with Crippen molar-refractivity contribution in [3.63, 3.8) is 0 Å². The van der Waals surface area contributed by atoms with Crippen LogP contribution in [0.15, 0.2) is 22.7 Å². The highest BCUT2D eigenvalue weighted by Crippen LogP contribution is 2.28. The van der Waals surface area contributed by atoms with Gasteiger partial charge in [0.2, 0.25) is 0 Å². The smallest absolute Gasteiger partial charge is 0.0423 e. The van der Waals surface area contributed by atoms with Crippen LogP contribution in [0, 0.1) is 0 Å². The van der Waals surface area contributed by atoms with E-state index in [-0.39, 0.29) is 0 Å². The fourth-order valence-electron chi connectivity index (χ4n) is 3.09. The Morgan fingerprint density at radius 1 is 1.29 bits per heavy atom. The van der Waals surface area contributed by atoms with Gasteiger partial charge in [0.15, 0.2) is 0 Å².